The zero-order valence-corrected chi connectivity index (χ0v) is 19.4. The first-order valence-corrected chi connectivity index (χ1v) is 12.3. The van der Waals surface area contributed by atoms with Gasteiger partial charge in [0.25, 0.3) is 0 Å². The Kier molecular flexibility index (Phi) is 5.32. The number of nitrogens with zero attached hydrogens (tertiary/aromatic N) is 3. The van der Waals surface area contributed by atoms with Crippen LogP contribution in [0.2, 0.25) is 0 Å². The van der Waals surface area contributed by atoms with Gasteiger partial charge in [0, 0.05) is 37.7 Å². The van der Waals surface area contributed by atoms with Gasteiger partial charge in [0.1, 0.15) is 18.5 Å². The molecule has 0 radical (unpaired) electrons. The number of anilines is 1. The number of carbonyl (C=O) groups excluding carboxylic acids is 2. The highest BCUT2D eigenvalue weighted by molar-refractivity contribution is 5.79. The van der Waals surface area contributed by atoms with E-state index in [1.54, 1.807) is 9.80 Å². The normalized spacial score (nSPS) is 28.0. The predicted octanol–water partition coefficient (Wildman–Crippen LogP) is 2.47. The van der Waals surface area contributed by atoms with Crippen LogP contribution in [0.5, 0.6) is 5.75 Å². The summed E-state index contributed by atoms with van der Waals surface area (Å²) in [5.74, 6) is 0.220. The monoisotopic (exact) mass is 494 g/mol. The number of carbonyl (C=O) groups is 2. The van der Waals surface area contributed by atoms with Crippen LogP contribution < -0.4 is 15.0 Å². The third-order valence-corrected chi connectivity index (χ3v) is 8.10. The number of nitrogens with one attached hydrogen (secondary N) is 1. The lowest BCUT2D eigenvalue weighted by Crippen LogP contribution is -2.65. The summed E-state index contributed by atoms with van der Waals surface area (Å²) in [4.78, 5) is 29.7. The number of urea groups is 1. The maximum absolute atomic E-state index is 13.6. The number of hydrogen-bond donors (Lipinski definition) is 1. The van der Waals surface area contributed by atoms with Gasteiger partial charge in [-0.1, -0.05) is 6.42 Å². The first-order valence-electron chi connectivity index (χ1n) is 12.3. The Hall–Kier alpha value is -2.69. The number of morpholine rings is 1. The molecule has 0 aromatic heterocycles. The Bertz CT molecular complexity index is 1020. The van der Waals surface area contributed by atoms with Crippen LogP contribution >= 0.6 is 0 Å². The lowest BCUT2D eigenvalue weighted by atomic mass is 9.63. The molecule has 1 spiro atoms. The van der Waals surface area contributed by atoms with Crippen molar-refractivity contribution in [3.05, 3.63) is 23.8 Å². The van der Waals surface area contributed by atoms with Crippen LogP contribution in [0, 0.1) is 5.41 Å². The van der Waals surface area contributed by atoms with E-state index in [0.29, 0.717) is 51.4 Å². The minimum atomic E-state index is -4.42. The molecule has 4 saturated heterocycles. The lowest BCUT2D eigenvalue weighted by molar-refractivity contribution is -0.140. The summed E-state index contributed by atoms with van der Waals surface area (Å²) in [5.41, 5.74) is -0.249. The van der Waals surface area contributed by atoms with Gasteiger partial charge in [-0.3, -0.25) is 4.79 Å². The number of likely N-dealkylation sites (tertiary alicyclic amines) is 2. The molecule has 5 fully saturated rings. The van der Waals surface area contributed by atoms with Crippen molar-refractivity contribution in [2.24, 2.45) is 5.41 Å². The molecule has 0 unspecified atom stereocenters. The van der Waals surface area contributed by atoms with E-state index in [1.807, 2.05) is 4.90 Å². The van der Waals surface area contributed by atoms with Crippen LogP contribution in [-0.2, 0) is 15.7 Å². The van der Waals surface area contributed by atoms with E-state index < -0.39 is 11.7 Å². The molecular formula is C24H29F3N4O4. The van der Waals surface area contributed by atoms with Crippen LogP contribution in [0.4, 0.5) is 23.7 Å². The van der Waals surface area contributed by atoms with Crippen LogP contribution in [0.15, 0.2) is 18.2 Å². The topological polar surface area (TPSA) is 74.3 Å². The van der Waals surface area contributed by atoms with Crippen molar-refractivity contribution in [2.75, 3.05) is 50.8 Å². The maximum Gasteiger partial charge on any atom is 0.418 e. The number of fused-ring (bicyclic) bond motifs is 1. The summed E-state index contributed by atoms with van der Waals surface area (Å²) in [6.07, 6.45) is -0.767. The van der Waals surface area contributed by atoms with Crippen molar-refractivity contribution < 1.29 is 32.2 Å². The fourth-order valence-corrected chi connectivity index (χ4v) is 5.95. The number of amides is 3. The molecule has 1 aromatic carbocycles. The SMILES string of the molecule is O=C1CO[C@H]2CCN(C(=O)N3CC(Oc4ccc(C(F)(F)F)c(N5CC6(CCC6)C5)c4)C3)C[C@H]2N1. The third kappa shape index (κ3) is 4.17. The summed E-state index contributed by atoms with van der Waals surface area (Å²) >= 11 is 0. The van der Waals surface area contributed by atoms with Crippen molar-refractivity contribution in [1.82, 2.24) is 15.1 Å². The van der Waals surface area contributed by atoms with E-state index in [1.165, 1.54) is 12.1 Å². The summed E-state index contributed by atoms with van der Waals surface area (Å²) in [6.45, 7) is 3.08. The van der Waals surface area contributed by atoms with Crippen LogP contribution in [0.3, 0.4) is 0 Å². The van der Waals surface area contributed by atoms with Crippen LogP contribution in [0.1, 0.15) is 31.2 Å². The first-order chi connectivity index (χ1) is 16.7. The summed E-state index contributed by atoms with van der Waals surface area (Å²) in [7, 11) is 0. The number of ether oxygens (including phenoxy) is 2. The summed E-state index contributed by atoms with van der Waals surface area (Å²) < 4.78 is 52.4. The van der Waals surface area contributed by atoms with Crippen molar-refractivity contribution >= 4 is 17.6 Å². The largest absolute Gasteiger partial charge is 0.487 e. The molecule has 1 aromatic rings. The number of benzene rings is 1. The van der Waals surface area contributed by atoms with Gasteiger partial charge in [-0.05, 0) is 31.4 Å². The van der Waals surface area contributed by atoms with Gasteiger partial charge in [0.2, 0.25) is 5.91 Å². The molecule has 1 N–H and O–H groups in total. The molecule has 1 aliphatic carbocycles. The second-order valence-electron chi connectivity index (χ2n) is 10.6. The lowest BCUT2D eigenvalue weighted by Gasteiger charge is -2.57. The molecule has 3 amide bonds. The van der Waals surface area contributed by atoms with E-state index in [-0.39, 0.29) is 47.9 Å². The maximum atomic E-state index is 13.6. The Morgan fingerprint density at radius 2 is 1.91 bits per heavy atom. The molecular weight excluding hydrogens is 465 g/mol. The molecule has 6 rings (SSSR count). The van der Waals surface area contributed by atoms with Crippen molar-refractivity contribution in [1.29, 1.82) is 0 Å². The van der Waals surface area contributed by atoms with Crippen molar-refractivity contribution in [3.63, 3.8) is 0 Å². The second-order valence-corrected chi connectivity index (χ2v) is 10.6. The minimum absolute atomic E-state index is 0.0601. The van der Waals surface area contributed by atoms with Gasteiger partial charge in [-0.25, -0.2) is 4.79 Å². The number of hydrogen-bond acceptors (Lipinski definition) is 5. The second kappa shape index (κ2) is 8.18. The van der Waals surface area contributed by atoms with Crippen molar-refractivity contribution in [2.45, 2.75) is 50.1 Å². The highest BCUT2D eigenvalue weighted by Crippen LogP contribution is 2.51. The highest BCUT2D eigenvalue weighted by atomic mass is 19.4. The summed E-state index contributed by atoms with van der Waals surface area (Å²) in [5, 5.41) is 2.89. The number of halogens is 3. The smallest absolute Gasteiger partial charge is 0.418 e. The molecule has 11 heteroatoms. The number of alkyl halides is 3. The zero-order valence-electron chi connectivity index (χ0n) is 19.4. The van der Waals surface area contributed by atoms with E-state index in [4.69, 9.17) is 9.47 Å². The Balaban J connectivity index is 1.06. The number of piperidine rings is 1. The number of rotatable bonds is 3. The molecule has 4 aliphatic heterocycles. The molecule has 4 heterocycles. The molecule has 190 valence electrons. The van der Waals surface area contributed by atoms with Crippen LogP contribution in [-0.4, -0.2) is 85.9 Å². The fourth-order valence-electron chi connectivity index (χ4n) is 5.95. The minimum Gasteiger partial charge on any atom is -0.487 e. The average molecular weight is 495 g/mol. The van der Waals surface area contributed by atoms with Gasteiger partial charge >= 0.3 is 12.2 Å². The Labute approximate surface area is 201 Å². The van der Waals surface area contributed by atoms with E-state index >= 15 is 0 Å². The Morgan fingerprint density at radius 3 is 2.60 bits per heavy atom. The van der Waals surface area contributed by atoms with E-state index in [0.717, 1.165) is 25.3 Å². The van der Waals surface area contributed by atoms with Gasteiger partial charge in [0.05, 0.1) is 36.5 Å². The molecule has 5 aliphatic rings. The standard InChI is InChI=1S/C24H29F3N4O4/c25-24(26,27)17-3-2-15(8-19(17)31-13-23(14-31)5-1-6-23)35-16-9-30(10-16)22(33)29-7-4-20-18(11-29)28-21(32)12-34-20/h2-3,8,16,18,20H,1,4-7,9-14H2,(H,28,32)/t18-,20+/m1/s1. The third-order valence-electron chi connectivity index (χ3n) is 8.10. The van der Waals surface area contributed by atoms with Gasteiger partial charge in [-0.15, -0.1) is 0 Å². The van der Waals surface area contributed by atoms with Gasteiger partial charge in [0.15, 0.2) is 0 Å². The first kappa shape index (κ1) is 22.8. The quantitative estimate of drug-likeness (QED) is 0.699. The zero-order chi connectivity index (χ0) is 24.4. The molecule has 1 saturated carbocycles. The van der Waals surface area contributed by atoms with Gasteiger partial charge < -0.3 is 29.5 Å². The highest BCUT2D eigenvalue weighted by Gasteiger charge is 2.49. The van der Waals surface area contributed by atoms with Crippen molar-refractivity contribution in [3.8, 4) is 5.75 Å². The molecule has 2 atom stereocenters. The average Bonchev–Trinajstić information content (AvgIpc) is 2.72. The van der Waals surface area contributed by atoms with E-state index in [9.17, 15) is 22.8 Å². The van der Waals surface area contributed by atoms with Crippen LogP contribution in [0.25, 0.3) is 0 Å². The molecule has 0 bridgehead atoms. The van der Waals surface area contributed by atoms with E-state index in [2.05, 4.69) is 5.32 Å². The predicted molar refractivity (Wildman–Crippen MR) is 119 cm³/mol. The molecule has 8 nitrogen and oxygen atoms in total. The molecule has 35 heavy (non-hydrogen) atoms. The summed E-state index contributed by atoms with van der Waals surface area (Å²) in [6, 6.07) is 3.64. The fraction of sp³-hybridized carbons (Fsp3) is 0.667. The Morgan fingerprint density at radius 1 is 1.14 bits per heavy atom. The van der Waals surface area contributed by atoms with Gasteiger partial charge in [-0.2, -0.15) is 13.2 Å².